The number of rotatable bonds is 8. The molecule has 7 rings (SSSR count). The number of fused-ring (bicyclic) bond motifs is 1. The molecule has 49 heavy (non-hydrogen) atoms. The standard InChI is InChI=1S/C36H36F3N7O3/c1-49-35(48)45-28(18-36(37,38)39)34(47)46-15-3-5-31(46)33-42-19-29(44-33)22-8-6-21(7-9-22)23-10-11-25-17-26(13-12-24(25)16-23)30-20-41-32(43-30)27-4-2-14-40-27/h6-13,16-17,19-20,27-28,31,40H,2-5,14-15,18H2,1H3,(H,41,43)(H,42,44)(H,45,48)/t27-,28-,31-/m0/s1. The lowest BCUT2D eigenvalue weighted by Crippen LogP contribution is -2.50. The molecule has 254 valence electrons. The SMILES string of the molecule is COC(=O)N[C@@H](CC(F)(F)F)C(=O)N1CCC[C@H]1c1ncc(-c2ccc(-c3ccc4cc(-c5cnc([C@@H]6CCCN6)[nH]5)ccc4c3)cc2)[nH]1. The molecule has 0 aliphatic carbocycles. The van der Waals surface area contributed by atoms with Gasteiger partial charge < -0.3 is 30.2 Å². The van der Waals surface area contributed by atoms with E-state index in [-0.39, 0.29) is 12.6 Å². The third kappa shape index (κ3) is 7.02. The van der Waals surface area contributed by atoms with Gasteiger partial charge in [-0.2, -0.15) is 13.2 Å². The summed E-state index contributed by atoms with van der Waals surface area (Å²) in [5.74, 6) is 0.632. The van der Waals surface area contributed by atoms with Crippen LogP contribution in [0.3, 0.4) is 0 Å². The van der Waals surface area contributed by atoms with Crippen molar-refractivity contribution in [2.24, 2.45) is 0 Å². The van der Waals surface area contributed by atoms with Crippen LogP contribution >= 0.6 is 0 Å². The Hall–Kier alpha value is -5.17. The predicted octanol–water partition coefficient (Wildman–Crippen LogP) is 7.05. The van der Waals surface area contributed by atoms with Crippen molar-refractivity contribution in [1.82, 2.24) is 35.5 Å². The van der Waals surface area contributed by atoms with Gasteiger partial charge in [0.05, 0.1) is 49.4 Å². The van der Waals surface area contributed by atoms with Crippen molar-refractivity contribution >= 4 is 22.8 Å². The van der Waals surface area contributed by atoms with Crippen molar-refractivity contribution in [2.75, 3.05) is 20.2 Å². The molecular weight excluding hydrogens is 635 g/mol. The summed E-state index contributed by atoms with van der Waals surface area (Å²) in [7, 11) is 1.03. The van der Waals surface area contributed by atoms with Crippen molar-refractivity contribution in [2.45, 2.75) is 56.4 Å². The molecule has 0 spiro atoms. The number of nitrogens with one attached hydrogen (secondary N) is 4. The van der Waals surface area contributed by atoms with E-state index in [0.717, 1.165) is 76.7 Å². The van der Waals surface area contributed by atoms with Crippen molar-refractivity contribution in [1.29, 1.82) is 0 Å². The number of amides is 2. The van der Waals surface area contributed by atoms with Crippen molar-refractivity contribution in [3.63, 3.8) is 0 Å². The minimum Gasteiger partial charge on any atom is -0.453 e. The lowest BCUT2D eigenvalue weighted by Gasteiger charge is -2.28. The average molecular weight is 672 g/mol. The number of halogens is 3. The summed E-state index contributed by atoms with van der Waals surface area (Å²) in [6.45, 7) is 1.27. The van der Waals surface area contributed by atoms with Crippen molar-refractivity contribution in [3.8, 4) is 33.6 Å². The van der Waals surface area contributed by atoms with Gasteiger partial charge in [-0.05, 0) is 71.8 Å². The summed E-state index contributed by atoms with van der Waals surface area (Å²) in [5.41, 5.74) is 5.79. The number of H-pyrrole nitrogens is 2. The van der Waals surface area contributed by atoms with Gasteiger partial charge in [-0.25, -0.2) is 14.8 Å². The first-order valence-electron chi connectivity index (χ1n) is 16.3. The highest BCUT2D eigenvalue weighted by molar-refractivity contribution is 5.90. The molecule has 2 amide bonds. The molecule has 0 saturated carbocycles. The number of likely N-dealkylation sites (tertiary alicyclic amines) is 1. The first kappa shape index (κ1) is 32.4. The second kappa shape index (κ2) is 13.4. The van der Waals surface area contributed by atoms with Gasteiger partial charge in [0, 0.05) is 12.1 Å². The smallest absolute Gasteiger partial charge is 0.407 e. The van der Waals surface area contributed by atoms with Gasteiger partial charge in [0.1, 0.15) is 17.7 Å². The van der Waals surface area contributed by atoms with Crippen molar-refractivity contribution in [3.05, 3.63) is 84.7 Å². The number of hydrogen-bond donors (Lipinski definition) is 4. The zero-order valence-corrected chi connectivity index (χ0v) is 26.8. The largest absolute Gasteiger partial charge is 0.453 e. The molecule has 2 fully saturated rings. The van der Waals surface area contributed by atoms with Crippen molar-refractivity contribution < 1.29 is 27.5 Å². The zero-order valence-electron chi connectivity index (χ0n) is 26.8. The first-order chi connectivity index (χ1) is 23.6. The molecule has 10 nitrogen and oxygen atoms in total. The van der Waals surface area contributed by atoms with E-state index in [1.807, 2.05) is 35.8 Å². The van der Waals surface area contributed by atoms with Crippen LogP contribution in [0.15, 0.2) is 73.1 Å². The van der Waals surface area contributed by atoms with E-state index in [4.69, 9.17) is 0 Å². The Bertz CT molecular complexity index is 1960. The predicted molar refractivity (Wildman–Crippen MR) is 178 cm³/mol. The van der Waals surface area contributed by atoms with Gasteiger partial charge >= 0.3 is 12.3 Å². The van der Waals surface area contributed by atoms with Gasteiger partial charge in [-0.15, -0.1) is 0 Å². The van der Waals surface area contributed by atoms with Crippen LogP contribution in [0.5, 0.6) is 0 Å². The number of imidazole rings is 2. The minimum absolute atomic E-state index is 0.251. The number of benzene rings is 3. The van der Waals surface area contributed by atoms with Gasteiger partial charge in [-0.3, -0.25) is 4.79 Å². The monoisotopic (exact) mass is 671 g/mol. The van der Waals surface area contributed by atoms with Gasteiger partial charge in [-0.1, -0.05) is 48.5 Å². The maximum absolute atomic E-state index is 13.3. The second-order valence-electron chi connectivity index (χ2n) is 12.6. The number of alkyl carbamates (subject to hydrolysis) is 1. The molecule has 2 saturated heterocycles. The lowest BCUT2D eigenvalue weighted by molar-refractivity contribution is -0.154. The number of methoxy groups -OCH3 is 1. The fourth-order valence-corrected chi connectivity index (χ4v) is 6.81. The number of carbonyl (C=O) groups is 2. The molecule has 0 unspecified atom stereocenters. The molecule has 3 atom stereocenters. The molecule has 4 heterocycles. The van der Waals surface area contributed by atoms with Crippen LogP contribution in [0, 0.1) is 0 Å². The van der Waals surface area contributed by atoms with Crippen LogP contribution in [-0.4, -0.2) is 69.3 Å². The number of ether oxygens (including phenoxy) is 1. The van der Waals surface area contributed by atoms with E-state index >= 15 is 0 Å². The Balaban J connectivity index is 1.05. The molecule has 4 N–H and O–H groups in total. The van der Waals surface area contributed by atoms with Crippen LogP contribution < -0.4 is 10.6 Å². The first-order valence-corrected chi connectivity index (χ1v) is 16.3. The van der Waals surface area contributed by atoms with Crippen LogP contribution in [0.1, 0.15) is 55.8 Å². The van der Waals surface area contributed by atoms with Gasteiger partial charge in [0.2, 0.25) is 5.91 Å². The summed E-state index contributed by atoms with van der Waals surface area (Å²) in [6, 6.07) is 18.7. The van der Waals surface area contributed by atoms with Gasteiger partial charge in [0.15, 0.2) is 0 Å². The fraction of sp³-hybridized carbons (Fsp3) is 0.333. The molecule has 0 bridgehead atoms. The normalized spacial score (nSPS) is 18.6. The number of aromatic amines is 2. The third-order valence-electron chi connectivity index (χ3n) is 9.32. The zero-order chi connectivity index (χ0) is 34.1. The molecule has 5 aromatic rings. The second-order valence-corrected chi connectivity index (χ2v) is 12.6. The quantitative estimate of drug-likeness (QED) is 0.140. The Kier molecular flexibility index (Phi) is 8.84. The van der Waals surface area contributed by atoms with E-state index in [9.17, 15) is 22.8 Å². The van der Waals surface area contributed by atoms with Crippen LogP contribution in [0.25, 0.3) is 44.4 Å². The van der Waals surface area contributed by atoms with E-state index < -0.39 is 36.7 Å². The highest BCUT2D eigenvalue weighted by Gasteiger charge is 2.42. The molecule has 3 aromatic carbocycles. The molecule has 13 heteroatoms. The fourth-order valence-electron chi connectivity index (χ4n) is 6.81. The van der Waals surface area contributed by atoms with Gasteiger partial charge in [0.25, 0.3) is 0 Å². The lowest BCUT2D eigenvalue weighted by atomic mass is 9.98. The Morgan fingerprint density at radius 2 is 1.51 bits per heavy atom. The molecule has 2 aliphatic heterocycles. The van der Waals surface area contributed by atoms with Crippen LogP contribution in [0.4, 0.5) is 18.0 Å². The maximum atomic E-state index is 13.3. The summed E-state index contributed by atoms with van der Waals surface area (Å²) in [5, 5.41) is 7.77. The maximum Gasteiger partial charge on any atom is 0.407 e. The number of carbonyl (C=O) groups excluding carboxylic acids is 2. The molecule has 2 aromatic heterocycles. The topological polar surface area (TPSA) is 128 Å². The summed E-state index contributed by atoms with van der Waals surface area (Å²) >= 11 is 0. The number of aromatic nitrogens is 4. The van der Waals surface area contributed by atoms with E-state index in [0.29, 0.717) is 18.7 Å². The Labute approximate surface area is 280 Å². The number of nitrogens with zero attached hydrogens (tertiary/aromatic N) is 3. The van der Waals surface area contributed by atoms with E-state index in [1.54, 1.807) is 6.20 Å². The highest BCUT2D eigenvalue weighted by atomic mass is 19.4. The summed E-state index contributed by atoms with van der Waals surface area (Å²) in [4.78, 5) is 42.1. The Morgan fingerprint density at radius 1 is 0.878 bits per heavy atom. The Morgan fingerprint density at radius 3 is 2.20 bits per heavy atom. The summed E-state index contributed by atoms with van der Waals surface area (Å²) in [6.07, 6.45) is -0.327. The van der Waals surface area contributed by atoms with Crippen LogP contribution in [0.2, 0.25) is 0 Å². The molecule has 2 aliphatic rings. The summed E-state index contributed by atoms with van der Waals surface area (Å²) < 4.78 is 44.2. The van der Waals surface area contributed by atoms with E-state index in [1.165, 1.54) is 4.90 Å². The molecule has 0 radical (unpaired) electrons. The highest BCUT2D eigenvalue weighted by Crippen LogP contribution is 2.35. The average Bonchev–Trinajstić information content (AvgIpc) is 3.93. The molecular formula is C36H36F3N7O3. The number of alkyl halides is 3. The number of hydrogen-bond acceptors (Lipinski definition) is 6. The third-order valence-corrected chi connectivity index (χ3v) is 9.32. The van der Waals surface area contributed by atoms with E-state index in [2.05, 4.69) is 66.4 Å². The van der Waals surface area contributed by atoms with Crippen LogP contribution in [-0.2, 0) is 9.53 Å². The minimum atomic E-state index is -4.66.